The molecule has 17 heavy (non-hydrogen) atoms. The number of esters is 1. The van der Waals surface area contributed by atoms with E-state index in [1.807, 2.05) is 0 Å². The summed E-state index contributed by atoms with van der Waals surface area (Å²) in [6.45, 7) is 0.508. The fraction of sp³-hybridized carbons (Fsp3) is 0.417. The van der Waals surface area contributed by atoms with Gasteiger partial charge in [-0.2, -0.15) is 0 Å². The van der Waals surface area contributed by atoms with Crippen LogP contribution in [0.2, 0.25) is 0 Å². The van der Waals surface area contributed by atoms with Crippen molar-refractivity contribution in [3.05, 3.63) is 30.1 Å². The molecule has 0 radical (unpaired) electrons. The number of carbonyl (C=O) groups is 1. The first kappa shape index (κ1) is 11.9. The van der Waals surface area contributed by atoms with Crippen molar-refractivity contribution in [1.82, 2.24) is 5.32 Å². The van der Waals surface area contributed by atoms with E-state index in [0.717, 1.165) is 0 Å². The molecule has 1 aliphatic heterocycles. The van der Waals surface area contributed by atoms with E-state index in [0.29, 0.717) is 13.0 Å². The van der Waals surface area contributed by atoms with Crippen molar-refractivity contribution in [2.75, 3.05) is 13.7 Å². The Labute approximate surface area is 98.7 Å². The SMILES string of the molecule is COC(=O)[C@@H]1C[C@@H](Oc2ccccc2F)CN1. The van der Waals surface area contributed by atoms with Crippen molar-refractivity contribution in [2.24, 2.45) is 0 Å². The third-order valence-electron chi connectivity index (χ3n) is 2.71. The first-order valence-corrected chi connectivity index (χ1v) is 5.43. The van der Waals surface area contributed by atoms with Crippen LogP contribution in [0.4, 0.5) is 4.39 Å². The number of rotatable bonds is 3. The molecule has 1 saturated heterocycles. The number of halogens is 1. The van der Waals surface area contributed by atoms with Crippen LogP contribution in [-0.2, 0) is 9.53 Å². The van der Waals surface area contributed by atoms with Crippen LogP contribution in [0.15, 0.2) is 24.3 Å². The smallest absolute Gasteiger partial charge is 0.323 e. The summed E-state index contributed by atoms with van der Waals surface area (Å²) in [5.41, 5.74) is 0. The molecule has 1 aliphatic rings. The van der Waals surface area contributed by atoms with E-state index in [2.05, 4.69) is 10.1 Å². The van der Waals surface area contributed by atoms with Crippen LogP contribution in [0.5, 0.6) is 5.75 Å². The summed E-state index contributed by atoms with van der Waals surface area (Å²) in [7, 11) is 1.34. The standard InChI is InChI=1S/C12H14FNO3/c1-16-12(15)10-6-8(7-14-10)17-11-5-3-2-4-9(11)13/h2-5,8,10,14H,6-7H2,1H3/t8-,10+/m1/s1. The predicted molar refractivity (Wildman–Crippen MR) is 59.2 cm³/mol. The van der Waals surface area contributed by atoms with E-state index in [-0.39, 0.29) is 23.9 Å². The van der Waals surface area contributed by atoms with E-state index >= 15 is 0 Å². The van der Waals surface area contributed by atoms with Gasteiger partial charge in [0.15, 0.2) is 11.6 Å². The second-order valence-corrected chi connectivity index (χ2v) is 3.89. The molecule has 0 unspecified atom stereocenters. The summed E-state index contributed by atoms with van der Waals surface area (Å²) in [6.07, 6.45) is 0.275. The first-order chi connectivity index (χ1) is 8.20. The maximum Gasteiger partial charge on any atom is 0.323 e. The van der Waals surface area contributed by atoms with Gasteiger partial charge in [-0.3, -0.25) is 4.79 Å². The molecule has 1 aromatic carbocycles. The van der Waals surface area contributed by atoms with Gasteiger partial charge in [0, 0.05) is 13.0 Å². The highest BCUT2D eigenvalue weighted by atomic mass is 19.1. The van der Waals surface area contributed by atoms with Crippen LogP contribution in [0.1, 0.15) is 6.42 Å². The topological polar surface area (TPSA) is 47.6 Å². The largest absolute Gasteiger partial charge is 0.486 e. The minimum atomic E-state index is -0.394. The van der Waals surface area contributed by atoms with Gasteiger partial charge in [0.05, 0.1) is 7.11 Å². The van der Waals surface area contributed by atoms with Crippen LogP contribution in [0, 0.1) is 5.82 Å². The van der Waals surface area contributed by atoms with Gasteiger partial charge in [0.1, 0.15) is 12.1 Å². The van der Waals surface area contributed by atoms with Crippen molar-refractivity contribution in [2.45, 2.75) is 18.6 Å². The van der Waals surface area contributed by atoms with Crippen molar-refractivity contribution in [3.63, 3.8) is 0 Å². The quantitative estimate of drug-likeness (QED) is 0.803. The molecule has 0 amide bonds. The average Bonchev–Trinajstić information content (AvgIpc) is 2.80. The number of methoxy groups -OCH3 is 1. The number of hydrogen-bond acceptors (Lipinski definition) is 4. The van der Waals surface area contributed by atoms with E-state index in [4.69, 9.17) is 4.74 Å². The molecule has 2 atom stereocenters. The van der Waals surface area contributed by atoms with Crippen molar-refractivity contribution >= 4 is 5.97 Å². The molecular weight excluding hydrogens is 225 g/mol. The molecule has 2 rings (SSSR count). The van der Waals surface area contributed by atoms with Crippen LogP contribution in [0.25, 0.3) is 0 Å². The van der Waals surface area contributed by atoms with Gasteiger partial charge in [-0.1, -0.05) is 12.1 Å². The zero-order valence-corrected chi connectivity index (χ0v) is 9.48. The Hall–Kier alpha value is -1.62. The highest BCUT2D eigenvalue weighted by Gasteiger charge is 2.31. The Morgan fingerprint density at radius 3 is 2.94 bits per heavy atom. The average molecular weight is 239 g/mol. The van der Waals surface area contributed by atoms with Gasteiger partial charge >= 0.3 is 5.97 Å². The molecule has 1 fully saturated rings. The normalized spacial score (nSPS) is 23.4. The Kier molecular flexibility index (Phi) is 3.58. The molecule has 0 saturated carbocycles. The Balaban J connectivity index is 1.94. The molecule has 1 N–H and O–H groups in total. The highest BCUT2D eigenvalue weighted by molar-refractivity contribution is 5.76. The van der Waals surface area contributed by atoms with Gasteiger partial charge in [0.2, 0.25) is 0 Å². The number of ether oxygens (including phenoxy) is 2. The van der Waals surface area contributed by atoms with Crippen LogP contribution in [0.3, 0.4) is 0 Å². The van der Waals surface area contributed by atoms with E-state index < -0.39 is 5.82 Å². The number of benzene rings is 1. The lowest BCUT2D eigenvalue weighted by Crippen LogP contribution is -2.31. The molecule has 1 aromatic rings. The molecular formula is C12H14FNO3. The summed E-state index contributed by atoms with van der Waals surface area (Å²) >= 11 is 0. The van der Waals surface area contributed by atoms with E-state index in [1.165, 1.54) is 13.2 Å². The van der Waals surface area contributed by atoms with Gasteiger partial charge in [-0.15, -0.1) is 0 Å². The maximum absolute atomic E-state index is 13.3. The summed E-state index contributed by atoms with van der Waals surface area (Å²) in [4.78, 5) is 11.3. The van der Waals surface area contributed by atoms with Gasteiger partial charge in [-0.25, -0.2) is 4.39 Å². The lowest BCUT2D eigenvalue weighted by Gasteiger charge is -2.13. The van der Waals surface area contributed by atoms with Crippen molar-refractivity contribution in [3.8, 4) is 5.75 Å². The number of para-hydroxylation sites is 1. The molecule has 92 valence electrons. The number of carbonyl (C=O) groups excluding carboxylic acids is 1. The second-order valence-electron chi connectivity index (χ2n) is 3.89. The summed E-state index contributed by atoms with van der Waals surface area (Å²) in [5.74, 6) is -0.497. The molecule has 0 aliphatic carbocycles. The van der Waals surface area contributed by atoms with E-state index in [9.17, 15) is 9.18 Å². The predicted octanol–water partition coefficient (Wildman–Crippen LogP) is 1.11. The van der Waals surface area contributed by atoms with E-state index in [1.54, 1.807) is 18.2 Å². The van der Waals surface area contributed by atoms with Gasteiger partial charge in [-0.05, 0) is 12.1 Å². The van der Waals surface area contributed by atoms with Crippen LogP contribution < -0.4 is 10.1 Å². The lowest BCUT2D eigenvalue weighted by molar-refractivity contribution is -0.142. The van der Waals surface area contributed by atoms with Crippen LogP contribution >= 0.6 is 0 Å². The highest BCUT2D eigenvalue weighted by Crippen LogP contribution is 2.20. The van der Waals surface area contributed by atoms with Gasteiger partial charge < -0.3 is 14.8 Å². The maximum atomic E-state index is 13.3. The third-order valence-corrected chi connectivity index (χ3v) is 2.71. The van der Waals surface area contributed by atoms with Crippen LogP contribution in [-0.4, -0.2) is 31.8 Å². The monoisotopic (exact) mass is 239 g/mol. The minimum absolute atomic E-state index is 0.212. The molecule has 4 nitrogen and oxygen atoms in total. The number of hydrogen-bond donors (Lipinski definition) is 1. The lowest BCUT2D eigenvalue weighted by atomic mass is 10.2. The summed E-state index contributed by atoms with van der Waals surface area (Å²) < 4.78 is 23.4. The molecule has 0 spiro atoms. The minimum Gasteiger partial charge on any atom is -0.486 e. The summed E-state index contributed by atoms with van der Waals surface area (Å²) in [5, 5.41) is 2.98. The Morgan fingerprint density at radius 2 is 2.24 bits per heavy atom. The molecule has 1 heterocycles. The fourth-order valence-corrected chi connectivity index (χ4v) is 1.83. The Bertz CT molecular complexity index is 410. The first-order valence-electron chi connectivity index (χ1n) is 5.43. The fourth-order valence-electron chi connectivity index (χ4n) is 1.83. The van der Waals surface area contributed by atoms with Crippen molar-refractivity contribution in [1.29, 1.82) is 0 Å². The Morgan fingerprint density at radius 1 is 1.47 bits per heavy atom. The number of nitrogens with one attached hydrogen (secondary N) is 1. The summed E-state index contributed by atoms with van der Waals surface area (Å²) in [6, 6.07) is 5.86. The molecule has 0 bridgehead atoms. The van der Waals surface area contributed by atoms with Crippen molar-refractivity contribution < 1.29 is 18.7 Å². The second kappa shape index (κ2) is 5.14. The molecule has 5 heteroatoms. The zero-order chi connectivity index (χ0) is 12.3. The third kappa shape index (κ3) is 2.74. The molecule has 0 aromatic heterocycles. The van der Waals surface area contributed by atoms with Gasteiger partial charge in [0.25, 0.3) is 0 Å². The zero-order valence-electron chi connectivity index (χ0n) is 9.48.